The van der Waals surface area contributed by atoms with Crippen molar-refractivity contribution in [2.45, 2.75) is 19.4 Å². The van der Waals surface area contributed by atoms with Crippen LogP contribution in [-0.2, 0) is 6.54 Å². The van der Waals surface area contributed by atoms with Crippen molar-refractivity contribution < 1.29 is 9.21 Å². The lowest BCUT2D eigenvalue weighted by Gasteiger charge is -2.19. The number of benzene rings is 1. The van der Waals surface area contributed by atoms with Crippen LogP contribution in [0.1, 0.15) is 29.1 Å². The third-order valence-corrected chi connectivity index (χ3v) is 5.38. The van der Waals surface area contributed by atoms with E-state index in [-0.39, 0.29) is 16.6 Å². The van der Waals surface area contributed by atoms with Crippen molar-refractivity contribution in [1.29, 1.82) is 0 Å². The summed E-state index contributed by atoms with van der Waals surface area (Å²) in [7, 11) is 1.70. The number of carbonyl (C=O) groups is 1. The van der Waals surface area contributed by atoms with E-state index >= 15 is 0 Å². The summed E-state index contributed by atoms with van der Waals surface area (Å²) in [5, 5.41) is 0.909. The molecule has 29 heavy (non-hydrogen) atoms. The fraction of sp³-hybridized carbons (Fsp3) is 0.286. The molecule has 3 heterocycles. The minimum Gasteiger partial charge on any atom is -0.459 e. The molecule has 0 N–H and O–H groups in total. The molecule has 150 valence electrons. The van der Waals surface area contributed by atoms with Gasteiger partial charge in [-0.15, -0.1) is 0 Å². The number of nitrogens with zero attached hydrogens (tertiary/aromatic N) is 4. The maximum atomic E-state index is 12.9. The number of hydrogen-bond donors (Lipinski definition) is 0. The molecule has 2 aromatic heterocycles. The number of rotatable bonds is 5. The van der Waals surface area contributed by atoms with Gasteiger partial charge in [0.05, 0.1) is 17.8 Å². The molecule has 0 radical (unpaired) electrons. The molecule has 0 unspecified atom stereocenters. The normalized spacial score (nSPS) is 13.7. The Morgan fingerprint density at radius 2 is 1.86 bits per heavy atom. The van der Waals surface area contributed by atoms with Crippen LogP contribution >= 0.6 is 23.2 Å². The Morgan fingerprint density at radius 1 is 1.14 bits per heavy atom. The van der Waals surface area contributed by atoms with Crippen molar-refractivity contribution in [1.82, 2.24) is 14.9 Å². The molecule has 1 saturated heterocycles. The van der Waals surface area contributed by atoms with Crippen LogP contribution in [0.3, 0.4) is 0 Å². The van der Waals surface area contributed by atoms with Crippen molar-refractivity contribution in [3.05, 3.63) is 64.1 Å². The Hall–Kier alpha value is -2.57. The van der Waals surface area contributed by atoms with E-state index < -0.39 is 0 Å². The first-order valence-corrected chi connectivity index (χ1v) is 10.1. The van der Waals surface area contributed by atoms with Gasteiger partial charge in [0.15, 0.2) is 5.69 Å². The van der Waals surface area contributed by atoms with Crippen LogP contribution in [0.25, 0.3) is 11.3 Å². The smallest absolute Gasteiger partial charge is 0.274 e. The van der Waals surface area contributed by atoms with Crippen molar-refractivity contribution in [2.75, 3.05) is 25.0 Å². The number of carbonyl (C=O) groups excluding carboxylic acids is 1. The number of hydrogen-bond acceptors (Lipinski definition) is 5. The second-order valence-corrected chi connectivity index (χ2v) is 7.84. The van der Waals surface area contributed by atoms with Gasteiger partial charge in [0.1, 0.15) is 11.5 Å². The minimum absolute atomic E-state index is 0.204. The maximum Gasteiger partial charge on any atom is 0.274 e. The number of amides is 1. The molecule has 1 aliphatic heterocycles. The van der Waals surface area contributed by atoms with Crippen LogP contribution in [0.15, 0.2) is 47.0 Å². The third-order valence-electron chi connectivity index (χ3n) is 4.85. The van der Waals surface area contributed by atoms with Crippen LogP contribution in [-0.4, -0.2) is 40.9 Å². The second-order valence-electron chi connectivity index (χ2n) is 6.99. The molecule has 0 atom stereocenters. The summed E-state index contributed by atoms with van der Waals surface area (Å²) >= 11 is 12.1. The van der Waals surface area contributed by atoms with Crippen molar-refractivity contribution in [3.63, 3.8) is 0 Å². The van der Waals surface area contributed by atoms with E-state index in [1.807, 2.05) is 36.4 Å². The van der Waals surface area contributed by atoms with Crippen LogP contribution in [0.2, 0.25) is 10.0 Å². The molecule has 4 rings (SSSR count). The molecule has 0 saturated carbocycles. The molecule has 1 fully saturated rings. The highest BCUT2D eigenvalue weighted by atomic mass is 35.5. The van der Waals surface area contributed by atoms with E-state index in [4.69, 9.17) is 27.6 Å². The van der Waals surface area contributed by atoms with E-state index in [1.54, 1.807) is 7.05 Å². The lowest BCUT2D eigenvalue weighted by atomic mass is 10.2. The Labute approximate surface area is 179 Å². The van der Waals surface area contributed by atoms with Gasteiger partial charge in [0.25, 0.3) is 5.91 Å². The molecular formula is C21H20Cl2N4O2. The topological polar surface area (TPSA) is 62.5 Å². The van der Waals surface area contributed by atoms with Crippen LogP contribution in [0, 0.1) is 0 Å². The predicted molar refractivity (Wildman–Crippen MR) is 113 cm³/mol. The van der Waals surface area contributed by atoms with Gasteiger partial charge in [0, 0.05) is 30.7 Å². The van der Waals surface area contributed by atoms with Gasteiger partial charge in [-0.1, -0.05) is 23.2 Å². The number of aromatic nitrogens is 2. The van der Waals surface area contributed by atoms with Gasteiger partial charge in [-0.25, -0.2) is 9.97 Å². The van der Waals surface area contributed by atoms with Crippen molar-refractivity contribution >= 4 is 35.1 Å². The molecule has 0 aliphatic carbocycles. The summed E-state index contributed by atoms with van der Waals surface area (Å²) in [4.78, 5) is 25.2. The SMILES string of the molecule is CN(Cc1ccc(-c2ccc(Cl)cc2)o1)C(=O)c1nc(N2CCCC2)ncc1Cl. The summed E-state index contributed by atoms with van der Waals surface area (Å²) in [5.41, 5.74) is 1.12. The number of anilines is 1. The first kappa shape index (κ1) is 19.7. The average Bonchev–Trinajstić information content (AvgIpc) is 3.41. The molecule has 6 nitrogen and oxygen atoms in total. The van der Waals surface area contributed by atoms with E-state index in [2.05, 4.69) is 14.9 Å². The fourth-order valence-corrected chi connectivity index (χ4v) is 3.59. The molecular weight excluding hydrogens is 411 g/mol. The van der Waals surface area contributed by atoms with E-state index in [0.29, 0.717) is 29.0 Å². The van der Waals surface area contributed by atoms with Crippen LogP contribution in [0.5, 0.6) is 0 Å². The number of halogens is 2. The Kier molecular flexibility index (Phi) is 5.74. The molecule has 1 amide bonds. The monoisotopic (exact) mass is 430 g/mol. The lowest BCUT2D eigenvalue weighted by Crippen LogP contribution is -2.28. The molecule has 0 bridgehead atoms. The van der Waals surface area contributed by atoms with Crippen LogP contribution < -0.4 is 4.90 Å². The summed E-state index contributed by atoms with van der Waals surface area (Å²) in [6, 6.07) is 11.1. The second kappa shape index (κ2) is 8.43. The first-order chi connectivity index (χ1) is 14.0. The fourth-order valence-electron chi connectivity index (χ4n) is 3.30. The van der Waals surface area contributed by atoms with Crippen molar-refractivity contribution in [2.24, 2.45) is 0 Å². The van der Waals surface area contributed by atoms with Gasteiger partial charge in [-0.2, -0.15) is 0 Å². The quantitative estimate of drug-likeness (QED) is 0.574. The van der Waals surface area contributed by atoms with E-state index in [9.17, 15) is 4.79 Å². The molecule has 3 aromatic rings. The zero-order valence-corrected chi connectivity index (χ0v) is 17.5. The van der Waals surface area contributed by atoms with Gasteiger partial charge in [-0.05, 0) is 49.2 Å². The van der Waals surface area contributed by atoms with Gasteiger partial charge < -0.3 is 14.2 Å². The Balaban J connectivity index is 1.48. The predicted octanol–water partition coefficient (Wildman–Crippen LogP) is 4.92. The zero-order chi connectivity index (χ0) is 20.4. The summed E-state index contributed by atoms with van der Waals surface area (Å²) < 4.78 is 5.89. The standard InChI is InChI=1S/C21H20Cl2N4O2/c1-26(13-16-8-9-18(29-16)14-4-6-15(22)7-5-14)20(28)19-17(23)12-24-21(25-19)27-10-2-3-11-27/h4-9,12H,2-3,10-11,13H2,1H3. The highest BCUT2D eigenvalue weighted by molar-refractivity contribution is 6.33. The summed E-state index contributed by atoms with van der Waals surface area (Å²) in [6.07, 6.45) is 3.70. The minimum atomic E-state index is -0.276. The summed E-state index contributed by atoms with van der Waals surface area (Å²) in [5.74, 6) is 1.65. The number of furan rings is 1. The van der Waals surface area contributed by atoms with Crippen molar-refractivity contribution in [3.8, 4) is 11.3 Å². The van der Waals surface area contributed by atoms with E-state index in [0.717, 1.165) is 31.5 Å². The van der Waals surface area contributed by atoms with Gasteiger partial charge in [0.2, 0.25) is 5.95 Å². The van der Waals surface area contributed by atoms with Gasteiger partial charge in [-0.3, -0.25) is 4.79 Å². The highest BCUT2D eigenvalue weighted by Crippen LogP contribution is 2.25. The third kappa shape index (κ3) is 4.38. The first-order valence-electron chi connectivity index (χ1n) is 9.39. The Bertz CT molecular complexity index is 1010. The Morgan fingerprint density at radius 3 is 2.59 bits per heavy atom. The molecule has 1 aliphatic rings. The summed E-state index contributed by atoms with van der Waals surface area (Å²) in [6.45, 7) is 2.09. The van der Waals surface area contributed by atoms with Crippen LogP contribution in [0.4, 0.5) is 5.95 Å². The molecule has 0 spiro atoms. The maximum absolute atomic E-state index is 12.9. The van der Waals surface area contributed by atoms with Gasteiger partial charge >= 0.3 is 0 Å². The lowest BCUT2D eigenvalue weighted by molar-refractivity contribution is 0.0770. The molecule has 8 heteroatoms. The zero-order valence-electron chi connectivity index (χ0n) is 15.9. The van der Waals surface area contributed by atoms with E-state index in [1.165, 1.54) is 11.1 Å². The largest absolute Gasteiger partial charge is 0.459 e. The highest BCUT2D eigenvalue weighted by Gasteiger charge is 2.22. The molecule has 1 aromatic carbocycles. The average molecular weight is 431 g/mol.